The van der Waals surface area contributed by atoms with Crippen LogP contribution >= 0.6 is 0 Å². The minimum Gasteiger partial charge on any atom is -0.352 e. The van der Waals surface area contributed by atoms with Crippen molar-refractivity contribution in [3.05, 3.63) is 17.5 Å². The van der Waals surface area contributed by atoms with E-state index >= 15 is 0 Å². The largest absolute Gasteiger partial charge is 0.352 e. The Morgan fingerprint density at radius 1 is 1.35 bits per heavy atom. The molecule has 0 bridgehead atoms. The molecular weight excluding hydrogens is 218 g/mol. The number of nitrogens with zero attached hydrogens (tertiary/aromatic N) is 2. The minimum atomic E-state index is -0.476. The van der Waals surface area contributed by atoms with Crippen molar-refractivity contribution in [2.24, 2.45) is 0 Å². The van der Waals surface area contributed by atoms with E-state index in [0.29, 0.717) is 19.1 Å². The molecule has 1 atom stereocenters. The lowest BCUT2D eigenvalue weighted by molar-refractivity contribution is -0.136. The van der Waals surface area contributed by atoms with Crippen molar-refractivity contribution in [1.29, 1.82) is 0 Å². The summed E-state index contributed by atoms with van der Waals surface area (Å²) in [5, 5.41) is 3.18. The smallest absolute Gasteiger partial charge is 0.223 e. The first kappa shape index (κ1) is 12.3. The Labute approximate surface area is 102 Å². The van der Waals surface area contributed by atoms with Crippen LogP contribution in [0.1, 0.15) is 25.2 Å². The molecule has 5 nitrogen and oxygen atoms in total. The van der Waals surface area contributed by atoms with E-state index in [1.54, 1.807) is 0 Å². The molecule has 0 amide bonds. The standard InChI is InChI=1S/C12H19N3O2/c1-8-5-9(2)15-11(14-8)13-6-10-7-16-12(3,4)17-10/h5,10H,6-7H2,1-4H3,(H,13,14,15). The van der Waals surface area contributed by atoms with Gasteiger partial charge in [-0.1, -0.05) is 0 Å². The van der Waals surface area contributed by atoms with Crippen molar-refractivity contribution >= 4 is 5.95 Å². The molecule has 0 spiro atoms. The average molecular weight is 237 g/mol. The number of anilines is 1. The monoisotopic (exact) mass is 237 g/mol. The molecule has 1 aromatic heterocycles. The van der Waals surface area contributed by atoms with E-state index in [-0.39, 0.29) is 6.10 Å². The maximum absolute atomic E-state index is 5.69. The fraction of sp³-hybridized carbons (Fsp3) is 0.667. The quantitative estimate of drug-likeness (QED) is 0.866. The van der Waals surface area contributed by atoms with Gasteiger partial charge in [-0.25, -0.2) is 9.97 Å². The summed E-state index contributed by atoms with van der Waals surface area (Å²) < 4.78 is 11.2. The zero-order valence-corrected chi connectivity index (χ0v) is 10.8. The van der Waals surface area contributed by atoms with E-state index in [9.17, 15) is 0 Å². The Hall–Kier alpha value is -1.20. The van der Waals surface area contributed by atoms with E-state index in [4.69, 9.17) is 9.47 Å². The van der Waals surface area contributed by atoms with Gasteiger partial charge in [-0.15, -0.1) is 0 Å². The van der Waals surface area contributed by atoms with Crippen LogP contribution in [0.2, 0.25) is 0 Å². The molecule has 1 aromatic rings. The highest BCUT2D eigenvalue weighted by Gasteiger charge is 2.32. The molecule has 1 unspecified atom stereocenters. The molecule has 5 heteroatoms. The zero-order valence-electron chi connectivity index (χ0n) is 10.8. The van der Waals surface area contributed by atoms with Crippen LogP contribution in [0, 0.1) is 13.8 Å². The van der Waals surface area contributed by atoms with Gasteiger partial charge in [0.2, 0.25) is 5.95 Å². The van der Waals surface area contributed by atoms with Crippen LogP contribution < -0.4 is 5.32 Å². The summed E-state index contributed by atoms with van der Waals surface area (Å²) in [6.45, 7) is 9.01. The van der Waals surface area contributed by atoms with Gasteiger partial charge in [-0.3, -0.25) is 0 Å². The van der Waals surface area contributed by atoms with Crippen LogP contribution in [-0.4, -0.2) is 35.0 Å². The average Bonchev–Trinajstić information content (AvgIpc) is 2.54. The normalized spacial score (nSPS) is 22.7. The van der Waals surface area contributed by atoms with Gasteiger partial charge < -0.3 is 14.8 Å². The van der Waals surface area contributed by atoms with Crippen LogP contribution in [0.3, 0.4) is 0 Å². The van der Waals surface area contributed by atoms with E-state index in [2.05, 4.69) is 15.3 Å². The van der Waals surface area contributed by atoms with E-state index in [1.165, 1.54) is 0 Å². The summed E-state index contributed by atoms with van der Waals surface area (Å²) in [4.78, 5) is 8.63. The van der Waals surface area contributed by atoms with Gasteiger partial charge in [0.1, 0.15) is 6.10 Å². The van der Waals surface area contributed by atoms with E-state index in [0.717, 1.165) is 11.4 Å². The fourth-order valence-electron chi connectivity index (χ4n) is 1.87. The molecule has 2 heterocycles. The summed E-state index contributed by atoms with van der Waals surface area (Å²) in [5.41, 5.74) is 1.92. The van der Waals surface area contributed by atoms with E-state index in [1.807, 2.05) is 33.8 Å². The summed E-state index contributed by atoms with van der Waals surface area (Å²) in [5.74, 6) is 0.172. The second-order valence-electron chi connectivity index (χ2n) is 4.81. The fourth-order valence-corrected chi connectivity index (χ4v) is 1.87. The first-order valence-electron chi connectivity index (χ1n) is 5.82. The predicted molar refractivity (Wildman–Crippen MR) is 64.9 cm³/mol. The highest BCUT2D eigenvalue weighted by Crippen LogP contribution is 2.22. The van der Waals surface area contributed by atoms with Crippen LogP contribution in [-0.2, 0) is 9.47 Å². The van der Waals surface area contributed by atoms with Gasteiger partial charge in [-0.05, 0) is 33.8 Å². The van der Waals surface area contributed by atoms with Crippen molar-refractivity contribution < 1.29 is 9.47 Å². The summed E-state index contributed by atoms with van der Waals surface area (Å²) in [7, 11) is 0. The molecule has 1 fully saturated rings. The third-order valence-corrected chi connectivity index (χ3v) is 2.54. The van der Waals surface area contributed by atoms with Gasteiger partial charge in [0.05, 0.1) is 6.61 Å². The molecule has 0 radical (unpaired) electrons. The van der Waals surface area contributed by atoms with Crippen molar-refractivity contribution in [3.63, 3.8) is 0 Å². The Balaban J connectivity index is 1.90. The predicted octanol–water partition coefficient (Wildman–Crippen LogP) is 1.66. The first-order valence-corrected chi connectivity index (χ1v) is 5.82. The summed E-state index contributed by atoms with van der Waals surface area (Å²) >= 11 is 0. The number of nitrogens with one attached hydrogen (secondary N) is 1. The van der Waals surface area contributed by atoms with Crippen LogP contribution in [0.4, 0.5) is 5.95 Å². The number of aromatic nitrogens is 2. The highest BCUT2D eigenvalue weighted by molar-refractivity contribution is 5.27. The summed E-state index contributed by atoms with van der Waals surface area (Å²) in [6.07, 6.45) is 0.0504. The van der Waals surface area contributed by atoms with Crippen LogP contribution in [0.15, 0.2) is 6.07 Å². The second kappa shape index (κ2) is 4.58. The molecule has 1 N–H and O–H groups in total. The molecule has 0 aromatic carbocycles. The third-order valence-electron chi connectivity index (χ3n) is 2.54. The lowest BCUT2D eigenvalue weighted by Crippen LogP contribution is -2.26. The number of aryl methyl sites for hydroxylation is 2. The van der Waals surface area contributed by atoms with Gasteiger partial charge in [0, 0.05) is 17.9 Å². The third kappa shape index (κ3) is 3.38. The van der Waals surface area contributed by atoms with Crippen LogP contribution in [0.5, 0.6) is 0 Å². The molecular formula is C12H19N3O2. The Bertz CT molecular complexity index is 386. The molecule has 2 rings (SSSR count). The number of hydrogen-bond donors (Lipinski definition) is 1. The van der Waals surface area contributed by atoms with Crippen molar-refractivity contribution in [3.8, 4) is 0 Å². The van der Waals surface area contributed by atoms with Crippen molar-refractivity contribution in [2.75, 3.05) is 18.5 Å². The van der Waals surface area contributed by atoms with Gasteiger partial charge >= 0.3 is 0 Å². The van der Waals surface area contributed by atoms with Gasteiger partial charge in [-0.2, -0.15) is 0 Å². The Kier molecular flexibility index (Phi) is 3.31. The van der Waals surface area contributed by atoms with Gasteiger partial charge in [0.15, 0.2) is 5.79 Å². The SMILES string of the molecule is Cc1cc(C)nc(NCC2COC(C)(C)O2)n1. The number of ether oxygens (including phenoxy) is 2. The van der Waals surface area contributed by atoms with Crippen molar-refractivity contribution in [2.45, 2.75) is 39.6 Å². The lowest BCUT2D eigenvalue weighted by Gasteiger charge is -2.17. The van der Waals surface area contributed by atoms with Crippen molar-refractivity contribution in [1.82, 2.24) is 9.97 Å². The molecule has 17 heavy (non-hydrogen) atoms. The zero-order chi connectivity index (χ0) is 12.5. The van der Waals surface area contributed by atoms with Gasteiger partial charge in [0.25, 0.3) is 0 Å². The number of hydrogen-bond acceptors (Lipinski definition) is 5. The summed E-state index contributed by atoms with van der Waals surface area (Å²) in [6, 6.07) is 1.95. The molecule has 0 aliphatic carbocycles. The first-order chi connectivity index (χ1) is 7.94. The number of rotatable bonds is 3. The maximum atomic E-state index is 5.69. The van der Waals surface area contributed by atoms with Crippen LogP contribution in [0.25, 0.3) is 0 Å². The highest BCUT2D eigenvalue weighted by atomic mass is 16.7. The minimum absolute atomic E-state index is 0.0504. The maximum Gasteiger partial charge on any atom is 0.223 e. The lowest BCUT2D eigenvalue weighted by atomic mass is 10.3. The molecule has 1 aliphatic rings. The Morgan fingerprint density at radius 3 is 2.53 bits per heavy atom. The Morgan fingerprint density at radius 2 is 2.00 bits per heavy atom. The molecule has 1 saturated heterocycles. The molecule has 1 aliphatic heterocycles. The molecule has 94 valence electrons. The molecule has 0 saturated carbocycles. The topological polar surface area (TPSA) is 56.3 Å². The second-order valence-corrected chi connectivity index (χ2v) is 4.81. The van der Waals surface area contributed by atoms with E-state index < -0.39 is 5.79 Å².